The van der Waals surface area contributed by atoms with Crippen LogP contribution in [0.3, 0.4) is 0 Å². The number of anilines is 1. The van der Waals surface area contributed by atoms with Crippen molar-refractivity contribution < 1.29 is 14.3 Å². The fraction of sp³-hybridized carbons (Fsp3) is 0.185. The van der Waals surface area contributed by atoms with Gasteiger partial charge in [0.15, 0.2) is 0 Å². The molecular formula is C27H26N4O3S. The number of hydrogen-bond donors (Lipinski definition) is 1. The maximum Gasteiger partial charge on any atom is 0.237 e. The number of nitrogens with one attached hydrogen (secondary N) is 1. The highest BCUT2D eigenvalue weighted by molar-refractivity contribution is 8.00. The van der Waals surface area contributed by atoms with Crippen molar-refractivity contribution in [2.45, 2.75) is 24.3 Å². The van der Waals surface area contributed by atoms with Crippen LogP contribution in [-0.2, 0) is 4.79 Å². The highest BCUT2D eigenvalue weighted by atomic mass is 32.2. The van der Waals surface area contributed by atoms with Crippen LogP contribution in [-0.4, -0.2) is 40.6 Å². The molecule has 8 heteroatoms. The van der Waals surface area contributed by atoms with E-state index in [0.29, 0.717) is 16.5 Å². The monoisotopic (exact) mass is 486 g/mol. The molecule has 0 saturated carbocycles. The fourth-order valence-electron chi connectivity index (χ4n) is 3.41. The number of hydrogen-bond acceptors (Lipinski definition) is 7. The lowest BCUT2D eigenvalue weighted by Gasteiger charge is -2.14. The van der Waals surface area contributed by atoms with Crippen LogP contribution in [0.5, 0.6) is 11.5 Å². The van der Waals surface area contributed by atoms with Crippen molar-refractivity contribution in [1.29, 1.82) is 0 Å². The zero-order valence-corrected chi connectivity index (χ0v) is 20.8. The minimum absolute atomic E-state index is 0.127. The number of aromatic nitrogens is 3. The molecule has 0 bridgehead atoms. The quantitative estimate of drug-likeness (QED) is 0.322. The Morgan fingerprint density at radius 1 is 0.829 bits per heavy atom. The van der Waals surface area contributed by atoms with E-state index in [4.69, 9.17) is 14.5 Å². The molecule has 7 nitrogen and oxygen atoms in total. The third kappa shape index (κ3) is 5.78. The lowest BCUT2D eigenvalue weighted by molar-refractivity contribution is -0.115. The number of carbonyl (C=O) groups excluding carboxylic acids is 1. The van der Waals surface area contributed by atoms with Gasteiger partial charge in [-0.3, -0.25) is 4.79 Å². The van der Waals surface area contributed by atoms with Gasteiger partial charge >= 0.3 is 0 Å². The average Bonchev–Trinajstić information content (AvgIpc) is 2.90. The van der Waals surface area contributed by atoms with Crippen molar-refractivity contribution in [3.8, 4) is 34.0 Å². The summed E-state index contributed by atoms with van der Waals surface area (Å²) in [5.74, 6) is 1.37. The first-order chi connectivity index (χ1) is 17.0. The van der Waals surface area contributed by atoms with Gasteiger partial charge in [-0.05, 0) is 74.0 Å². The molecule has 1 N–H and O–H groups in total. The van der Waals surface area contributed by atoms with E-state index in [1.54, 1.807) is 14.2 Å². The van der Waals surface area contributed by atoms with Crippen molar-refractivity contribution in [1.82, 2.24) is 15.2 Å². The standard InChI is InChI=1S/C27H26N4O3S/c1-17-7-5-6-8-23(17)28-26(32)18(2)35-27-29-24(19-9-13-21(33-3)14-10-19)25(30-31-27)20-11-15-22(34-4)16-12-20/h5-16,18H,1-4H3,(H,28,32). The van der Waals surface area contributed by atoms with Crippen LogP contribution in [0.4, 0.5) is 5.69 Å². The largest absolute Gasteiger partial charge is 0.497 e. The van der Waals surface area contributed by atoms with Crippen LogP contribution >= 0.6 is 11.8 Å². The highest BCUT2D eigenvalue weighted by Gasteiger charge is 2.20. The maximum absolute atomic E-state index is 12.8. The lowest BCUT2D eigenvalue weighted by Crippen LogP contribution is -2.23. The molecule has 4 rings (SSSR count). The van der Waals surface area contributed by atoms with Gasteiger partial charge < -0.3 is 14.8 Å². The predicted molar refractivity (Wildman–Crippen MR) is 139 cm³/mol. The first-order valence-corrected chi connectivity index (χ1v) is 11.9. The Hall–Kier alpha value is -3.91. The molecule has 0 spiro atoms. The first kappa shape index (κ1) is 24.2. The van der Waals surface area contributed by atoms with Crippen LogP contribution in [0.1, 0.15) is 12.5 Å². The number of para-hydroxylation sites is 1. The normalized spacial score (nSPS) is 11.5. The molecule has 1 aromatic heterocycles. The van der Waals surface area contributed by atoms with E-state index in [-0.39, 0.29) is 5.91 Å². The van der Waals surface area contributed by atoms with E-state index in [9.17, 15) is 4.79 Å². The molecule has 0 saturated heterocycles. The summed E-state index contributed by atoms with van der Waals surface area (Å²) in [6.45, 7) is 3.78. The molecule has 3 aromatic carbocycles. The second kappa shape index (κ2) is 11.0. The van der Waals surface area contributed by atoms with Crippen LogP contribution in [0.2, 0.25) is 0 Å². The Labute approximate surface area is 208 Å². The van der Waals surface area contributed by atoms with Gasteiger partial charge in [0.25, 0.3) is 0 Å². The van der Waals surface area contributed by atoms with Gasteiger partial charge in [-0.1, -0.05) is 30.0 Å². The third-order valence-corrected chi connectivity index (χ3v) is 6.40. The lowest BCUT2D eigenvalue weighted by atomic mass is 10.0. The smallest absolute Gasteiger partial charge is 0.237 e. The predicted octanol–water partition coefficient (Wildman–Crippen LogP) is 5.65. The van der Waals surface area contributed by atoms with E-state index >= 15 is 0 Å². The Balaban J connectivity index is 1.63. The average molecular weight is 487 g/mol. The Morgan fingerprint density at radius 2 is 1.40 bits per heavy atom. The molecule has 0 aliphatic carbocycles. The molecule has 0 radical (unpaired) electrons. The summed E-state index contributed by atoms with van der Waals surface area (Å²) < 4.78 is 10.6. The number of ether oxygens (including phenoxy) is 2. The van der Waals surface area contributed by atoms with E-state index in [2.05, 4.69) is 15.5 Å². The van der Waals surface area contributed by atoms with Gasteiger partial charge in [0.2, 0.25) is 11.1 Å². The second-order valence-electron chi connectivity index (χ2n) is 7.81. The van der Waals surface area contributed by atoms with Crippen LogP contribution < -0.4 is 14.8 Å². The zero-order chi connectivity index (χ0) is 24.8. The molecule has 1 amide bonds. The minimum Gasteiger partial charge on any atom is -0.497 e. The Kier molecular flexibility index (Phi) is 7.62. The molecule has 1 unspecified atom stereocenters. The summed E-state index contributed by atoms with van der Waals surface area (Å²) in [5.41, 5.74) is 4.82. The van der Waals surface area contributed by atoms with Gasteiger partial charge in [0.05, 0.1) is 19.5 Å². The summed E-state index contributed by atoms with van der Waals surface area (Å²) in [5, 5.41) is 11.8. The van der Waals surface area contributed by atoms with E-state index in [1.165, 1.54) is 11.8 Å². The molecule has 35 heavy (non-hydrogen) atoms. The third-order valence-electron chi connectivity index (χ3n) is 5.45. The number of nitrogens with zero attached hydrogens (tertiary/aromatic N) is 3. The van der Waals surface area contributed by atoms with Crippen LogP contribution in [0.25, 0.3) is 22.5 Å². The number of thioether (sulfide) groups is 1. The SMILES string of the molecule is COc1ccc(-c2nnc(SC(C)C(=O)Nc3ccccc3C)nc2-c2ccc(OC)cc2)cc1. The number of amides is 1. The van der Waals surface area contributed by atoms with Crippen molar-refractivity contribution in [3.63, 3.8) is 0 Å². The molecule has 0 aliphatic heterocycles. The molecule has 1 atom stereocenters. The van der Waals surface area contributed by atoms with E-state index in [1.807, 2.05) is 86.6 Å². The highest BCUT2D eigenvalue weighted by Crippen LogP contribution is 2.32. The summed E-state index contributed by atoms with van der Waals surface area (Å²) in [6, 6.07) is 22.9. The van der Waals surface area contributed by atoms with Crippen LogP contribution in [0, 0.1) is 6.92 Å². The summed E-state index contributed by atoms with van der Waals surface area (Å²) >= 11 is 1.26. The number of methoxy groups -OCH3 is 2. The Morgan fingerprint density at radius 3 is 1.97 bits per heavy atom. The summed E-state index contributed by atoms with van der Waals surface area (Å²) in [6.07, 6.45) is 0. The topological polar surface area (TPSA) is 86.2 Å². The molecule has 0 fully saturated rings. The van der Waals surface area contributed by atoms with Crippen molar-refractivity contribution in [3.05, 3.63) is 78.4 Å². The van der Waals surface area contributed by atoms with E-state index < -0.39 is 5.25 Å². The van der Waals surface area contributed by atoms with E-state index in [0.717, 1.165) is 33.9 Å². The first-order valence-electron chi connectivity index (χ1n) is 11.0. The number of rotatable bonds is 8. The molecule has 4 aromatic rings. The Bertz CT molecular complexity index is 1310. The van der Waals surface area contributed by atoms with Crippen molar-refractivity contribution >= 4 is 23.4 Å². The van der Waals surface area contributed by atoms with Gasteiger partial charge in [-0.25, -0.2) is 4.98 Å². The molecule has 1 heterocycles. The second-order valence-corrected chi connectivity index (χ2v) is 9.12. The van der Waals surface area contributed by atoms with Gasteiger partial charge in [0, 0.05) is 16.8 Å². The van der Waals surface area contributed by atoms with Gasteiger partial charge in [-0.15, -0.1) is 10.2 Å². The number of benzene rings is 3. The minimum atomic E-state index is -0.424. The maximum atomic E-state index is 12.8. The fourth-order valence-corrected chi connectivity index (χ4v) is 4.13. The summed E-state index contributed by atoms with van der Waals surface area (Å²) in [7, 11) is 3.25. The number of carbonyl (C=O) groups is 1. The summed E-state index contributed by atoms with van der Waals surface area (Å²) in [4.78, 5) is 17.6. The number of aryl methyl sites for hydroxylation is 1. The molecule has 0 aliphatic rings. The van der Waals surface area contributed by atoms with Gasteiger partial charge in [-0.2, -0.15) is 0 Å². The molecule has 178 valence electrons. The van der Waals surface area contributed by atoms with Crippen molar-refractivity contribution in [2.24, 2.45) is 0 Å². The van der Waals surface area contributed by atoms with Gasteiger partial charge in [0.1, 0.15) is 22.9 Å². The molecular weight excluding hydrogens is 460 g/mol. The van der Waals surface area contributed by atoms with Crippen LogP contribution in [0.15, 0.2) is 78.0 Å². The van der Waals surface area contributed by atoms with Crippen molar-refractivity contribution in [2.75, 3.05) is 19.5 Å². The zero-order valence-electron chi connectivity index (χ0n) is 20.0.